The van der Waals surface area contributed by atoms with Crippen LogP contribution in [0.25, 0.3) is 0 Å². The van der Waals surface area contributed by atoms with E-state index in [1.165, 1.54) is 32.1 Å². The van der Waals surface area contributed by atoms with Crippen LogP contribution in [-0.4, -0.2) is 58.2 Å². The average Bonchev–Trinajstić information content (AvgIpc) is 3.17. The maximum atomic E-state index is 12.4. The fourth-order valence-electron chi connectivity index (χ4n) is 4.17. The molecule has 0 unspecified atom stereocenters. The van der Waals surface area contributed by atoms with Crippen LogP contribution in [0.5, 0.6) is 0 Å². The van der Waals surface area contributed by atoms with Crippen LogP contribution in [0.2, 0.25) is 0 Å². The van der Waals surface area contributed by atoms with Gasteiger partial charge in [-0.3, -0.25) is 14.8 Å². The molecule has 0 bridgehead atoms. The van der Waals surface area contributed by atoms with Gasteiger partial charge in [0.2, 0.25) is 11.8 Å². The number of likely N-dealkylation sites (tertiary alicyclic amines) is 1. The Hall–Kier alpha value is -2.00. The van der Waals surface area contributed by atoms with Gasteiger partial charge in [0.25, 0.3) is 11.7 Å². The van der Waals surface area contributed by atoms with Gasteiger partial charge in [0, 0.05) is 31.5 Å². The van der Waals surface area contributed by atoms with Crippen LogP contribution in [0, 0.1) is 5.92 Å². The van der Waals surface area contributed by atoms with Gasteiger partial charge >= 0.3 is 0 Å². The molecule has 1 saturated heterocycles. The minimum atomic E-state index is -0.492. The molecule has 1 aromatic rings. The highest BCUT2D eigenvalue weighted by molar-refractivity contribution is 5.91. The van der Waals surface area contributed by atoms with E-state index in [0.29, 0.717) is 31.4 Å². The number of carbonyl (C=O) groups excluding carboxylic acids is 2. The van der Waals surface area contributed by atoms with Gasteiger partial charge in [-0.2, -0.15) is 4.98 Å². The molecule has 3 rings (SSSR count). The third-order valence-corrected chi connectivity index (χ3v) is 6.01. The van der Waals surface area contributed by atoms with Gasteiger partial charge < -0.3 is 14.7 Å². The number of hydrogen-bond donors (Lipinski definition) is 3. The molecule has 1 atom stereocenters. The van der Waals surface area contributed by atoms with E-state index in [9.17, 15) is 9.59 Å². The second-order valence-corrected chi connectivity index (χ2v) is 8.02. The molecule has 9 heteroatoms. The van der Waals surface area contributed by atoms with Crippen LogP contribution >= 0.6 is 0 Å². The number of carbonyl (C=O) groups is 2. The van der Waals surface area contributed by atoms with E-state index >= 15 is 0 Å². The van der Waals surface area contributed by atoms with Crippen LogP contribution in [-0.2, 0) is 4.79 Å². The molecular formula is C19H31N5O4. The number of hydrogen-bond acceptors (Lipinski definition) is 7. The molecule has 2 aliphatic rings. The summed E-state index contributed by atoms with van der Waals surface area (Å²) in [6.07, 6.45) is 9.36. The first-order chi connectivity index (χ1) is 13.6. The van der Waals surface area contributed by atoms with Gasteiger partial charge in [-0.1, -0.05) is 50.1 Å². The van der Waals surface area contributed by atoms with Crippen LogP contribution < -0.4 is 10.8 Å². The average molecular weight is 393 g/mol. The molecule has 2 fully saturated rings. The van der Waals surface area contributed by atoms with Crippen molar-refractivity contribution < 1.29 is 19.3 Å². The van der Waals surface area contributed by atoms with Crippen molar-refractivity contribution in [3.05, 3.63) is 11.7 Å². The highest BCUT2D eigenvalue weighted by Crippen LogP contribution is 2.31. The Morgan fingerprint density at radius 3 is 2.71 bits per heavy atom. The summed E-state index contributed by atoms with van der Waals surface area (Å²) in [6, 6.07) is 0.302. The number of nitrogens with zero attached hydrogens (tertiary/aromatic N) is 3. The molecule has 1 saturated carbocycles. The molecule has 1 aliphatic carbocycles. The number of hydroxylamine groups is 1. The van der Waals surface area contributed by atoms with Crippen LogP contribution in [0.4, 0.5) is 0 Å². The lowest BCUT2D eigenvalue weighted by atomic mass is 9.84. The van der Waals surface area contributed by atoms with Crippen molar-refractivity contribution in [1.29, 1.82) is 0 Å². The Morgan fingerprint density at radius 1 is 1.29 bits per heavy atom. The van der Waals surface area contributed by atoms with E-state index in [2.05, 4.69) is 15.5 Å². The summed E-state index contributed by atoms with van der Waals surface area (Å²) < 4.78 is 5.32. The zero-order valence-electron chi connectivity index (χ0n) is 16.5. The van der Waals surface area contributed by atoms with Gasteiger partial charge in [0.05, 0.1) is 0 Å². The predicted molar refractivity (Wildman–Crippen MR) is 101 cm³/mol. The van der Waals surface area contributed by atoms with Crippen molar-refractivity contribution >= 4 is 11.8 Å². The molecule has 1 aliphatic heterocycles. The molecule has 2 amide bonds. The van der Waals surface area contributed by atoms with Crippen LogP contribution in [0.1, 0.15) is 80.2 Å². The van der Waals surface area contributed by atoms with E-state index < -0.39 is 5.91 Å². The quantitative estimate of drug-likeness (QED) is 0.432. The molecular weight excluding hydrogens is 362 g/mol. The number of nitrogens with one attached hydrogen (secondary N) is 2. The highest BCUT2D eigenvalue weighted by atomic mass is 16.5. The second kappa shape index (κ2) is 9.97. The lowest BCUT2D eigenvalue weighted by Crippen LogP contribution is -2.59. The number of aromatic nitrogens is 2. The summed E-state index contributed by atoms with van der Waals surface area (Å²) in [5.41, 5.74) is 1.67. The maximum Gasteiger partial charge on any atom is 0.295 e. The van der Waals surface area contributed by atoms with E-state index in [0.717, 1.165) is 18.8 Å². The molecule has 0 radical (unpaired) electrons. The highest BCUT2D eigenvalue weighted by Gasteiger charge is 2.33. The molecule has 2 heterocycles. The maximum absolute atomic E-state index is 12.4. The van der Waals surface area contributed by atoms with Gasteiger partial charge in [0.15, 0.2) is 0 Å². The van der Waals surface area contributed by atoms with Crippen molar-refractivity contribution in [3.63, 3.8) is 0 Å². The van der Waals surface area contributed by atoms with E-state index in [-0.39, 0.29) is 24.1 Å². The summed E-state index contributed by atoms with van der Waals surface area (Å²) in [7, 11) is 1.86. The fraction of sp³-hybridized carbons (Fsp3) is 0.789. The first kappa shape index (κ1) is 20.7. The van der Waals surface area contributed by atoms with E-state index in [4.69, 9.17) is 9.73 Å². The SMILES string of the molecule is CNC1CN(C(=O)c2noc([C@H](CCCC3CCCCC3)CC(=O)NO)n2)C1. The summed E-state index contributed by atoms with van der Waals surface area (Å²) in [6.45, 7) is 1.24. The summed E-state index contributed by atoms with van der Waals surface area (Å²) >= 11 is 0. The first-order valence-corrected chi connectivity index (χ1v) is 10.3. The van der Waals surface area contributed by atoms with Crippen LogP contribution in [0.15, 0.2) is 4.52 Å². The number of likely N-dealkylation sites (N-methyl/N-ethyl adjacent to an activating group) is 1. The molecule has 156 valence electrons. The minimum Gasteiger partial charge on any atom is -0.338 e. The normalized spacial score (nSPS) is 19.3. The number of amides is 2. The smallest absolute Gasteiger partial charge is 0.295 e. The van der Waals surface area contributed by atoms with Crippen molar-refractivity contribution in [2.75, 3.05) is 20.1 Å². The van der Waals surface area contributed by atoms with Gasteiger partial charge in [0.1, 0.15) is 0 Å². The van der Waals surface area contributed by atoms with Crippen molar-refractivity contribution in [2.24, 2.45) is 5.92 Å². The molecule has 0 aromatic carbocycles. The topological polar surface area (TPSA) is 121 Å². The molecule has 0 spiro atoms. The summed E-state index contributed by atoms with van der Waals surface area (Å²) in [5, 5.41) is 15.8. The zero-order valence-corrected chi connectivity index (χ0v) is 16.5. The molecule has 1 aromatic heterocycles. The fourth-order valence-corrected chi connectivity index (χ4v) is 4.17. The Morgan fingerprint density at radius 2 is 2.04 bits per heavy atom. The molecule has 3 N–H and O–H groups in total. The number of rotatable bonds is 9. The Bertz CT molecular complexity index is 653. The Balaban J connectivity index is 1.57. The predicted octanol–water partition coefficient (Wildman–Crippen LogP) is 1.84. The standard InChI is InChI=1S/C19H31N5O4/c1-20-15-11-24(12-15)19(26)17-21-18(28-23-17)14(10-16(25)22-27)9-5-8-13-6-3-2-4-7-13/h13-15,20,27H,2-12H2,1H3,(H,22,25)/t14-/m1/s1. The third kappa shape index (κ3) is 5.29. The van der Waals surface area contributed by atoms with E-state index in [1.54, 1.807) is 10.4 Å². The molecule has 9 nitrogen and oxygen atoms in total. The largest absolute Gasteiger partial charge is 0.338 e. The summed E-state index contributed by atoms with van der Waals surface area (Å²) in [4.78, 5) is 30.0. The monoisotopic (exact) mass is 393 g/mol. The zero-order chi connectivity index (χ0) is 19.9. The van der Waals surface area contributed by atoms with Gasteiger partial charge in [-0.05, 0) is 19.4 Å². The minimum absolute atomic E-state index is 0.0336. The summed E-state index contributed by atoms with van der Waals surface area (Å²) in [5.74, 6) is 0.0357. The second-order valence-electron chi connectivity index (χ2n) is 8.02. The van der Waals surface area contributed by atoms with Crippen molar-refractivity contribution in [1.82, 2.24) is 25.8 Å². The van der Waals surface area contributed by atoms with Crippen molar-refractivity contribution in [2.45, 2.75) is 69.7 Å². The lowest BCUT2D eigenvalue weighted by molar-refractivity contribution is -0.129. The third-order valence-electron chi connectivity index (χ3n) is 6.01. The lowest BCUT2D eigenvalue weighted by Gasteiger charge is -2.38. The first-order valence-electron chi connectivity index (χ1n) is 10.3. The van der Waals surface area contributed by atoms with Gasteiger partial charge in [-0.25, -0.2) is 5.48 Å². The van der Waals surface area contributed by atoms with Crippen LogP contribution in [0.3, 0.4) is 0 Å². The van der Waals surface area contributed by atoms with Crippen molar-refractivity contribution in [3.8, 4) is 0 Å². The Labute approximate surface area is 165 Å². The molecule has 28 heavy (non-hydrogen) atoms. The van der Waals surface area contributed by atoms with Gasteiger partial charge in [-0.15, -0.1) is 0 Å². The van der Waals surface area contributed by atoms with E-state index in [1.807, 2.05) is 7.05 Å². The Kier molecular flexibility index (Phi) is 7.38.